The Morgan fingerprint density at radius 3 is 2.74 bits per heavy atom. The normalized spacial score (nSPS) is 11.4. The van der Waals surface area contributed by atoms with Crippen LogP contribution in [0.15, 0.2) is 45.0 Å². The lowest BCUT2D eigenvalue weighted by Gasteiger charge is -2.09. The summed E-state index contributed by atoms with van der Waals surface area (Å²) in [4.78, 5) is 12.3. The SMILES string of the molecule is Cc1occc1C(=O)/C(C#N)=C/c1cc(Br)ccc1OC(F)F. The Bertz CT molecular complexity index is 806. The third-order valence-corrected chi connectivity index (χ3v) is 3.45. The lowest BCUT2D eigenvalue weighted by Crippen LogP contribution is -2.05. The average molecular weight is 382 g/mol. The Labute approximate surface area is 139 Å². The first-order valence-electron chi connectivity index (χ1n) is 6.37. The van der Waals surface area contributed by atoms with Crippen LogP contribution in [0.4, 0.5) is 8.78 Å². The molecular weight excluding hydrogens is 372 g/mol. The van der Waals surface area contributed by atoms with E-state index < -0.39 is 12.4 Å². The van der Waals surface area contributed by atoms with Crippen molar-refractivity contribution in [1.82, 2.24) is 0 Å². The molecule has 2 aromatic rings. The van der Waals surface area contributed by atoms with E-state index in [-0.39, 0.29) is 22.4 Å². The second kappa shape index (κ2) is 7.20. The van der Waals surface area contributed by atoms with E-state index >= 15 is 0 Å². The molecular formula is C16H10BrF2NO3. The number of alkyl halides is 2. The van der Waals surface area contributed by atoms with Gasteiger partial charge in [0, 0.05) is 10.0 Å². The number of furan rings is 1. The zero-order valence-corrected chi connectivity index (χ0v) is 13.4. The Balaban J connectivity index is 2.46. The van der Waals surface area contributed by atoms with Gasteiger partial charge in [-0.2, -0.15) is 14.0 Å². The van der Waals surface area contributed by atoms with E-state index in [1.807, 2.05) is 0 Å². The maximum atomic E-state index is 12.5. The van der Waals surface area contributed by atoms with E-state index in [2.05, 4.69) is 20.7 Å². The zero-order chi connectivity index (χ0) is 17.0. The van der Waals surface area contributed by atoms with Crippen molar-refractivity contribution in [2.75, 3.05) is 0 Å². The smallest absolute Gasteiger partial charge is 0.387 e. The molecule has 1 heterocycles. The van der Waals surface area contributed by atoms with Gasteiger partial charge in [-0.25, -0.2) is 0 Å². The molecule has 0 aliphatic rings. The van der Waals surface area contributed by atoms with Crippen LogP contribution in [0.5, 0.6) is 5.75 Å². The maximum Gasteiger partial charge on any atom is 0.387 e. The molecule has 0 aliphatic heterocycles. The Morgan fingerprint density at radius 1 is 1.43 bits per heavy atom. The van der Waals surface area contributed by atoms with Gasteiger partial charge < -0.3 is 9.15 Å². The molecule has 118 valence electrons. The highest BCUT2D eigenvalue weighted by Gasteiger charge is 2.18. The van der Waals surface area contributed by atoms with Gasteiger partial charge in [-0.15, -0.1) is 0 Å². The summed E-state index contributed by atoms with van der Waals surface area (Å²) in [5.74, 6) is -0.316. The van der Waals surface area contributed by atoms with Gasteiger partial charge in [0.1, 0.15) is 23.2 Å². The van der Waals surface area contributed by atoms with Gasteiger partial charge >= 0.3 is 6.61 Å². The minimum absolute atomic E-state index is 0.132. The number of carbonyl (C=O) groups is 1. The lowest BCUT2D eigenvalue weighted by atomic mass is 10.0. The summed E-state index contributed by atoms with van der Waals surface area (Å²) in [6.07, 6.45) is 2.54. The van der Waals surface area contributed by atoms with Gasteiger partial charge in [0.2, 0.25) is 5.78 Å². The van der Waals surface area contributed by atoms with Crippen LogP contribution in [0.3, 0.4) is 0 Å². The second-order valence-electron chi connectivity index (χ2n) is 4.45. The van der Waals surface area contributed by atoms with Crippen molar-refractivity contribution in [2.24, 2.45) is 0 Å². The monoisotopic (exact) mass is 381 g/mol. The predicted molar refractivity (Wildman–Crippen MR) is 82.1 cm³/mol. The van der Waals surface area contributed by atoms with E-state index in [4.69, 9.17) is 4.42 Å². The molecule has 0 unspecified atom stereocenters. The number of Topliss-reactive ketones (excluding diaryl/α,β-unsaturated/α-hetero) is 1. The van der Waals surface area contributed by atoms with Crippen LogP contribution >= 0.6 is 15.9 Å². The van der Waals surface area contributed by atoms with Crippen LogP contribution in [0, 0.1) is 18.3 Å². The summed E-state index contributed by atoms with van der Waals surface area (Å²) in [5, 5.41) is 9.22. The molecule has 2 rings (SSSR count). The van der Waals surface area contributed by atoms with E-state index in [1.54, 1.807) is 13.0 Å². The molecule has 0 N–H and O–H groups in total. The molecule has 0 fully saturated rings. The van der Waals surface area contributed by atoms with Crippen molar-refractivity contribution >= 4 is 27.8 Å². The van der Waals surface area contributed by atoms with E-state index in [0.29, 0.717) is 10.2 Å². The Morgan fingerprint density at radius 2 is 2.17 bits per heavy atom. The average Bonchev–Trinajstić information content (AvgIpc) is 2.92. The molecule has 1 aromatic heterocycles. The summed E-state index contributed by atoms with van der Waals surface area (Å²) in [7, 11) is 0. The fourth-order valence-corrected chi connectivity index (χ4v) is 2.28. The number of ether oxygens (including phenoxy) is 1. The molecule has 0 bridgehead atoms. The molecule has 0 aliphatic carbocycles. The van der Waals surface area contributed by atoms with Crippen molar-refractivity contribution in [3.05, 3.63) is 57.5 Å². The minimum Gasteiger partial charge on any atom is -0.469 e. The number of halogens is 3. The summed E-state index contributed by atoms with van der Waals surface area (Å²) in [6.45, 7) is -1.42. The van der Waals surface area contributed by atoms with E-state index in [0.717, 1.165) is 0 Å². The van der Waals surface area contributed by atoms with Crippen molar-refractivity contribution in [3.63, 3.8) is 0 Å². The second-order valence-corrected chi connectivity index (χ2v) is 5.37. The quantitative estimate of drug-likeness (QED) is 0.426. The van der Waals surface area contributed by atoms with Crippen LogP contribution < -0.4 is 4.74 Å². The predicted octanol–water partition coefficient (Wildman–Crippen LogP) is 4.74. The maximum absolute atomic E-state index is 12.5. The molecule has 0 spiro atoms. The first-order valence-corrected chi connectivity index (χ1v) is 7.16. The number of rotatable bonds is 5. The molecule has 7 heteroatoms. The van der Waals surface area contributed by atoms with Crippen molar-refractivity contribution in [1.29, 1.82) is 5.26 Å². The number of nitrogens with zero attached hydrogens (tertiary/aromatic N) is 1. The van der Waals surface area contributed by atoms with E-state index in [9.17, 15) is 18.8 Å². The van der Waals surface area contributed by atoms with Crippen molar-refractivity contribution in [2.45, 2.75) is 13.5 Å². The number of hydrogen-bond acceptors (Lipinski definition) is 4. The molecule has 0 saturated carbocycles. The third kappa shape index (κ3) is 4.05. The van der Waals surface area contributed by atoms with Crippen molar-refractivity contribution < 1.29 is 22.7 Å². The van der Waals surface area contributed by atoms with E-state index in [1.165, 1.54) is 36.6 Å². The number of carbonyl (C=O) groups excluding carboxylic acids is 1. The summed E-state index contributed by atoms with van der Waals surface area (Å²) in [6, 6.07) is 7.54. The molecule has 0 radical (unpaired) electrons. The number of allylic oxidation sites excluding steroid dienone is 1. The lowest BCUT2D eigenvalue weighted by molar-refractivity contribution is -0.0499. The Kier molecular flexibility index (Phi) is 5.29. The number of nitriles is 1. The van der Waals surface area contributed by atoms with Crippen LogP contribution in [0.1, 0.15) is 21.7 Å². The van der Waals surface area contributed by atoms with Gasteiger partial charge in [0.15, 0.2) is 0 Å². The fourth-order valence-electron chi connectivity index (χ4n) is 1.91. The highest BCUT2D eigenvalue weighted by atomic mass is 79.9. The molecule has 23 heavy (non-hydrogen) atoms. The molecule has 1 aromatic carbocycles. The standard InChI is InChI=1S/C16H10BrF2NO3/c1-9-13(4-5-22-9)15(21)11(8-20)6-10-7-12(17)2-3-14(10)23-16(18)19/h2-7,16H,1H3/b11-6+. The summed E-state index contributed by atoms with van der Waals surface area (Å²) < 4.78 is 34.9. The first-order chi connectivity index (χ1) is 10.9. The highest BCUT2D eigenvalue weighted by molar-refractivity contribution is 9.10. The summed E-state index contributed by atoms with van der Waals surface area (Å²) in [5.41, 5.74) is 0.210. The number of aryl methyl sites for hydroxylation is 1. The molecule has 0 atom stereocenters. The Hall–Kier alpha value is -2.46. The van der Waals surface area contributed by atoms with Crippen LogP contribution in [-0.2, 0) is 0 Å². The number of ketones is 1. The third-order valence-electron chi connectivity index (χ3n) is 2.96. The van der Waals surface area contributed by atoms with Gasteiger partial charge in [0.25, 0.3) is 0 Å². The van der Waals surface area contributed by atoms with Crippen LogP contribution in [0.25, 0.3) is 6.08 Å². The van der Waals surface area contributed by atoms with Gasteiger partial charge in [-0.1, -0.05) is 15.9 Å². The number of hydrogen-bond donors (Lipinski definition) is 0. The molecule has 4 nitrogen and oxygen atoms in total. The summed E-state index contributed by atoms with van der Waals surface area (Å²) >= 11 is 3.21. The molecule has 0 saturated heterocycles. The highest BCUT2D eigenvalue weighted by Crippen LogP contribution is 2.28. The first kappa shape index (κ1) is 16.9. The van der Waals surface area contributed by atoms with Gasteiger partial charge in [-0.05, 0) is 37.3 Å². The minimum atomic E-state index is -3.01. The van der Waals surface area contributed by atoms with Gasteiger partial charge in [0.05, 0.1) is 11.8 Å². The van der Waals surface area contributed by atoms with Crippen molar-refractivity contribution in [3.8, 4) is 11.8 Å². The largest absolute Gasteiger partial charge is 0.469 e. The van der Waals surface area contributed by atoms with Crippen LogP contribution in [0.2, 0.25) is 0 Å². The fraction of sp³-hybridized carbons (Fsp3) is 0.125. The number of benzene rings is 1. The zero-order valence-electron chi connectivity index (χ0n) is 11.8. The van der Waals surface area contributed by atoms with Gasteiger partial charge in [-0.3, -0.25) is 4.79 Å². The van der Waals surface area contributed by atoms with Crippen LogP contribution in [-0.4, -0.2) is 12.4 Å². The topological polar surface area (TPSA) is 63.2 Å². The molecule has 0 amide bonds.